The molecule has 0 aliphatic rings. The highest BCUT2D eigenvalue weighted by molar-refractivity contribution is 7.98. The van der Waals surface area contributed by atoms with Gasteiger partial charge in [0.1, 0.15) is 5.82 Å². The van der Waals surface area contributed by atoms with Gasteiger partial charge in [-0.25, -0.2) is 9.37 Å². The molecule has 5 aromatic rings. The monoisotopic (exact) mass is 435 g/mol. The van der Waals surface area contributed by atoms with Gasteiger partial charge in [0.2, 0.25) is 0 Å². The summed E-state index contributed by atoms with van der Waals surface area (Å²) in [5.41, 5.74) is 2.23. The first-order valence-electron chi connectivity index (χ1n) is 9.04. The van der Waals surface area contributed by atoms with Crippen molar-refractivity contribution in [2.24, 2.45) is 0 Å². The van der Waals surface area contributed by atoms with Gasteiger partial charge in [-0.2, -0.15) is 0 Å². The zero-order chi connectivity index (χ0) is 20.5. The van der Waals surface area contributed by atoms with E-state index in [1.54, 1.807) is 18.3 Å². The maximum Gasteiger partial charge on any atom is 0.258 e. The zero-order valence-corrected chi connectivity index (χ0v) is 17.1. The van der Waals surface area contributed by atoms with Crippen molar-refractivity contribution in [3.63, 3.8) is 0 Å². The molecule has 3 heterocycles. The summed E-state index contributed by atoms with van der Waals surface area (Å²) in [6, 6.07) is 17.4. The summed E-state index contributed by atoms with van der Waals surface area (Å²) in [7, 11) is 0. The molecule has 0 aliphatic heterocycles. The van der Waals surface area contributed by atoms with Crippen molar-refractivity contribution < 1.29 is 4.39 Å². The van der Waals surface area contributed by atoms with Crippen LogP contribution in [0.5, 0.6) is 0 Å². The highest BCUT2D eigenvalue weighted by Gasteiger charge is 2.17. The minimum Gasteiger partial charge on any atom is -0.270 e. The van der Waals surface area contributed by atoms with Crippen LogP contribution in [0.4, 0.5) is 4.39 Å². The normalized spacial score (nSPS) is 11.2. The molecular formula is C21H14FN5OS2. The molecule has 0 atom stereocenters. The van der Waals surface area contributed by atoms with E-state index in [1.165, 1.54) is 45.7 Å². The van der Waals surface area contributed by atoms with Gasteiger partial charge in [0.05, 0.1) is 5.69 Å². The van der Waals surface area contributed by atoms with Gasteiger partial charge < -0.3 is 0 Å². The van der Waals surface area contributed by atoms with Gasteiger partial charge in [0.25, 0.3) is 5.56 Å². The van der Waals surface area contributed by atoms with E-state index >= 15 is 0 Å². The molecule has 0 bridgehead atoms. The minimum atomic E-state index is -0.305. The summed E-state index contributed by atoms with van der Waals surface area (Å²) in [4.78, 5) is 17.4. The Hall–Kier alpha value is -3.30. The van der Waals surface area contributed by atoms with Crippen LogP contribution in [-0.4, -0.2) is 24.1 Å². The molecule has 0 spiro atoms. The number of thioether (sulfide) groups is 1. The molecule has 30 heavy (non-hydrogen) atoms. The van der Waals surface area contributed by atoms with Crippen LogP contribution in [0.1, 0.15) is 5.69 Å². The third-order valence-corrected chi connectivity index (χ3v) is 6.17. The first kappa shape index (κ1) is 18.7. The average molecular weight is 436 g/mol. The number of rotatable bonds is 5. The molecule has 0 saturated heterocycles. The van der Waals surface area contributed by atoms with E-state index in [4.69, 9.17) is 0 Å². The second-order valence-electron chi connectivity index (χ2n) is 6.41. The van der Waals surface area contributed by atoms with E-state index in [0.29, 0.717) is 27.4 Å². The van der Waals surface area contributed by atoms with Crippen molar-refractivity contribution in [3.8, 4) is 17.1 Å². The summed E-state index contributed by atoms with van der Waals surface area (Å²) >= 11 is 2.86. The molecule has 0 amide bonds. The van der Waals surface area contributed by atoms with Crippen LogP contribution in [0.25, 0.3) is 22.0 Å². The van der Waals surface area contributed by atoms with Crippen LogP contribution >= 0.6 is 23.1 Å². The average Bonchev–Trinajstić information content (AvgIpc) is 3.41. The number of hydrogen-bond donors (Lipinski definition) is 0. The summed E-state index contributed by atoms with van der Waals surface area (Å²) in [6.45, 7) is 0. The maximum atomic E-state index is 13.4. The molecule has 0 N–H and O–H groups in total. The fourth-order valence-corrected chi connectivity index (χ4v) is 4.64. The van der Waals surface area contributed by atoms with Gasteiger partial charge >= 0.3 is 0 Å². The van der Waals surface area contributed by atoms with Crippen LogP contribution in [0.3, 0.4) is 0 Å². The smallest absolute Gasteiger partial charge is 0.258 e. The van der Waals surface area contributed by atoms with E-state index in [2.05, 4.69) is 15.2 Å². The second kappa shape index (κ2) is 7.85. The number of thiazole rings is 1. The van der Waals surface area contributed by atoms with Gasteiger partial charge in [-0.15, -0.1) is 21.5 Å². The molecule has 0 aliphatic carbocycles. The molecule has 3 aromatic heterocycles. The Morgan fingerprint density at radius 2 is 1.83 bits per heavy atom. The predicted octanol–water partition coefficient (Wildman–Crippen LogP) is 4.44. The Morgan fingerprint density at radius 1 is 1.03 bits per heavy atom. The van der Waals surface area contributed by atoms with Crippen molar-refractivity contribution in [3.05, 3.63) is 94.1 Å². The van der Waals surface area contributed by atoms with Crippen LogP contribution in [0, 0.1) is 5.82 Å². The molecule has 2 aromatic carbocycles. The lowest BCUT2D eigenvalue weighted by molar-refractivity contribution is 0.628. The standard InChI is InChI=1S/C21H14FN5OS2/c22-15-8-6-14(7-9-15)19-24-25-21(27(19)17-4-2-1-3-5-17)30-13-16-12-18(28)26-10-11-29-20(26)23-16/h1-12H,13H2. The van der Waals surface area contributed by atoms with E-state index < -0.39 is 0 Å². The lowest BCUT2D eigenvalue weighted by atomic mass is 10.2. The van der Waals surface area contributed by atoms with Crippen molar-refractivity contribution in [1.29, 1.82) is 0 Å². The number of nitrogens with zero attached hydrogens (tertiary/aromatic N) is 5. The molecule has 6 nitrogen and oxygen atoms in total. The second-order valence-corrected chi connectivity index (χ2v) is 8.23. The topological polar surface area (TPSA) is 65.1 Å². The van der Waals surface area contributed by atoms with Crippen molar-refractivity contribution in [2.45, 2.75) is 10.9 Å². The fourth-order valence-electron chi connectivity index (χ4n) is 3.06. The lowest BCUT2D eigenvalue weighted by Crippen LogP contribution is -2.12. The Morgan fingerprint density at radius 3 is 2.63 bits per heavy atom. The molecule has 0 radical (unpaired) electrons. The molecule has 0 saturated carbocycles. The number of para-hydroxylation sites is 1. The largest absolute Gasteiger partial charge is 0.270 e. The van der Waals surface area contributed by atoms with Gasteiger partial charge in [0, 0.05) is 34.6 Å². The number of benzene rings is 2. The molecular weight excluding hydrogens is 421 g/mol. The molecule has 0 unspecified atom stereocenters. The van der Waals surface area contributed by atoms with E-state index in [9.17, 15) is 9.18 Å². The first-order valence-corrected chi connectivity index (χ1v) is 10.9. The number of aromatic nitrogens is 5. The summed E-state index contributed by atoms with van der Waals surface area (Å²) in [5.74, 6) is 0.781. The summed E-state index contributed by atoms with van der Waals surface area (Å²) in [6.07, 6.45) is 1.72. The molecule has 0 fully saturated rings. The molecule has 9 heteroatoms. The zero-order valence-electron chi connectivity index (χ0n) is 15.5. The van der Waals surface area contributed by atoms with Gasteiger partial charge in [0.15, 0.2) is 15.9 Å². The van der Waals surface area contributed by atoms with E-state index in [0.717, 1.165) is 11.3 Å². The lowest BCUT2D eigenvalue weighted by Gasteiger charge is -2.10. The Labute approximate surface area is 178 Å². The van der Waals surface area contributed by atoms with Crippen LogP contribution in [0.15, 0.2) is 82.2 Å². The number of hydrogen-bond acceptors (Lipinski definition) is 6. The number of fused-ring (bicyclic) bond motifs is 1. The summed E-state index contributed by atoms with van der Waals surface area (Å²) in [5, 5.41) is 11.2. The first-order chi connectivity index (χ1) is 14.7. The van der Waals surface area contributed by atoms with Crippen molar-refractivity contribution >= 4 is 28.1 Å². The van der Waals surface area contributed by atoms with E-state index in [1.807, 2.05) is 40.3 Å². The Balaban J connectivity index is 1.52. The Kier molecular flexibility index (Phi) is 4.89. The highest BCUT2D eigenvalue weighted by Crippen LogP contribution is 2.29. The molecule has 5 rings (SSSR count). The van der Waals surface area contributed by atoms with Gasteiger partial charge in [-0.3, -0.25) is 13.8 Å². The number of halogens is 1. The minimum absolute atomic E-state index is 0.103. The fraction of sp³-hybridized carbons (Fsp3) is 0.0476. The van der Waals surface area contributed by atoms with Crippen molar-refractivity contribution in [1.82, 2.24) is 24.1 Å². The Bertz CT molecular complexity index is 1380. The quantitative estimate of drug-likeness (QED) is 0.382. The predicted molar refractivity (Wildman–Crippen MR) is 116 cm³/mol. The summed E-state index contributed by atoms with van der Waals surface area (Å²) < 4.78 is 16.8. The van der Waals surface area contributed by atoms with E-state index in [-0.39, 0.29) is 11.4 Å². The highest BCUT2D eigenvalue weighted by atomic mass is 32.2. The third-order valence-electron chi connectivity index (χ3n) is 4.46. The maximum absolute atomic E-state index is 13.4. The van der Waals surface area contributed by atoms with Crippen LogP contribution in [-0.2, 0) is 5.75 Å². The van der Waals surface area contributed by atoms with Crippen molar-refractivity contribution in [2.75, 3.05) is 0 Å². The van der Waals surface area contributed by atoms with Crippen LogP contribution < -0.4 is 5.56 Å². The van der Waals surface area contributed by atoms with Gasteiger partial charge in [-0.05, 0) is 36.4 Å². The van der Waals surface area contributed by atoms with Gasteiger partial charge in [-0.1, -0.05) is 30.0 Å². The van der Waals surface area contributed by atoms with Crippen LogP contribution in [0.2, 0.25) is 0 Å². The third kappa shape index (κ3) is 3.53. The SMILES string of the molecule is O=c1cc(CSc2nnc(-c3ccc(F)cc3)n2-c2ccccc2)nc2sccn12. The molecule has 148 valence electrons.